The summed E-state index contributed by atoms with van der Waals surface area (Å²) in [5, 5.41) is 0.0613. The van der Waals surface area contributed by atoms with Crippen LogP contribution in [0.15, 0.2) is 36.7 Å². The average Bonchev–Trinajstić information content (AvgIpc) is 2.29. The van der Waals surface area contributed by atoms with E-state index in [4.69, 9.17) is 17.3 Å². The third-order valence-electron chi connectivity index (χ3n) is 2.29. The lowest BCUT2D eigenvalue weighted by Gasteiger charge is -2.06. The second kappa shape index (κ2) is 4.51. The minimum Gasteiger partial charge on any atom is -0.397 e. The van der Waals surface area contributed by atoms with Crippen LogP contribution in [0.2, 0.25) is 5.02 Å². The van der Waals surface area contributed by atoms with E-state index < -0.39 is 11.6 Å². The maximum atomic E-state index is 13.6. The molecule has 0 aliphatic heterocycles. The fraction of sp³-hybridized carbons (Fsp3) is 0. The van der Waals surface area contributed by atoms with Gasteiger partial charge in [0.15, 0.2) is 5.78 Å². The van der Waals surface area contributed by atoms with Crippen LogP contribution in [0.4, 0.5) is 10.1 Å². The molecule has 0 fully saturated rings. The highest BCUT2D eigenvalue weighted by Crippen LogP contribution is 2.24. The number of halogens is 2. The molecule has 0 spiro atoms. The Kier molecular flexibility index (Phi) is 3.06. The molecule has 0 unspecified atom stereocenters. The number of carbonyl (C=O) groups excluding carboxylic acids is 1. The Morgan fingerprint density at radius 3 is 2.76 bits per heavy atom. The number of hydrogen-bond donors (Lipinski definition) is 1. The molecule has 0 radical (unpaired) electrons. The summed E-state index contributed by atoms with van der Waals surface area (Å²) in [6.07, 6.45) is 2.75. The van der Waals surface area contributed by atoms with E-state index in [0.717, 1.165) is 0 Å². The first-order chi connectivity index (χ1) is 8.11. The Balaban J connectivity index is 2.56. The number of aromatic nitrogens is 1. The summed E-state index contributed by atoms with van der Waals surface area (Å²) in [6, 6.07) is 5.50. The molecule has 0 amide bonds. The van der Waals surface area contributed by atoms with Crippen LogP contribution < -0.4 is 5.73 Å². The number of carbonyl (C=O) groups is 1. The molecule has 0 aliphatic rings. The molecule has 0 aliphatic carbocycles. The van der Waals surface area contributed by atoms with Crippen LogP contribution in [0.25, 0.3) is 0 Å². The van der Waals surface area contributed by atoms with Gasteiger partial charge in [0.1, 0.15) is 5.82 Å². The van der Waals surface area contributed by atoms with Crippen molar-refractivity contribution in [3.8, 4) is 0 Å². The molecule has 1 heterocycles. The summed E-state index contributed by atoms with van der Waals surface area (Å²) in [5.74, 6) is -1.22. The van der Waals surface area contributed by atoms with E-state index in [1.54, 1.807) is 0 Å². The van der Waals surface area contributed by atoms with Gasteiger partial charge in [-0.1, -0.05) is 17.7 Å². The van der Waals surface area contributed by atoms with Gasteiger partial charge in [0.05, 0.1) is 22.5 Å². The average molecular weight is 251 g/mol. The fourth-order valence-electron chi connectivity index (χ4n) is 1.46. The fourth-order valence-corrected chi connectivity index (χ4v) is 1.71. The summed E-state index contributed by atoms with van der Waals surface area (Å²) in [4.78, 5) is 15.8. The van der Waals surface area contributed by atoms with Gasteiger partial charge in [-0.3, -0.25) is 9.78 Å². The predicted molar refractivity (Wildman–Crippen MR) is 63.5 cm³/mol. The molecule has 2 N–H and O–H groups in total. The monoisotopic (exact) mass is 250 g/mol. The smallest absolute Gasteiger partial charge is 0.199 e. The molecule has 86 valence electrons. The topological polar surface area (TPSA) is 56.0 Å². The molecule has 2 rings (SSSR count). The first-order valence-electron chi connectivity index (χ1n) is 4.79. The number of benzene rings is 1. The van der Waals surface area contributed by atoms with Crippen LogP contribution in [0, 0.1) is 5.82 Å². The summed E-state index contributed by atoms with van der Waals surface area (Å²) in [5.41, 5.74) is 5.81. The molecule has 2 aromatic rings. The molecular formula is C12H8ClFN2O. The van der Waals surface area contributed by atoms with E-state index in [9.17, 15) is 9.18 Å². The van der Waals surface area contributed by atoms with Gasteiger partial charge < -0.3 is 5.73 Å². The van der Waals surface area contributed by atoms with Crippen LogP contribution in [0.3, 0.4) is 0 Å². The number of nitrogen functional groups attached to an aromatic ring is 1. The molecule has 5 heteroatoms. The van der Waals surface area contributed by atoms with Crippen LogP contribution in [0.5, 0.6) is 0 Å². The lowest BCUT2D eigenvalue weighted by molar-refractivity contribution is 0.103. The lowest BCUT2D eigenvalue weighted by atomic mass is 10.0. The molecule has 3 nitrogen and oxygen atoms in total. The van der Waals surface area contributed by atoms with Gasteiger partial charge in [0.25, 0.3) is 0 Å². The highest BCUT2D eigenvalue weighted by molar-refractivity contribution is 6.35. The third-order valence-corrected chi connectivity index (χ3v) is 2.60. The van der Waals surface area contributed by atoms with Crippen LogP contribution in [0.1, 0.15) is 15.9 Å². The zero-order chi connectivity index (χ0) is 12.4. The Labute approximate surface area is 102 Å². The standard InChI is InChI=1S/C12H8ClFN2O/c13-8-2-1-3-9(14)11(8)12(17)7-4-5-16-6-10(7)15/h1-6H,15H2. The number of ketones is 1. The first-order valence-corrected chi connectivity index (χ1v) is 5.17. The SMILES string of the molecule is Nc1cnccc1C(=O)c1c(F)cccc1Cl. The Morgan fingerprint density at radius 1 is 1.35 bits per heavy atom. The lowest BCUT2D eigenvalue weighted by Crippen LogP contribution is -2.08. The quantitative estimate of drug-likeness (QED) is 0.834. The van der Waals surface area contributed by atoms with Gasteiger partial charge in [0, 0.05) is 11.8 Å². The minimum absolute atomic E-state index is 0.0613. The summed E-state index contributed by atoms with van der Waals surface area (Å²) < 4.78 is 13.6. The normalized spacial score (nSPS) is 10.2. The van der Waals surface area contributed by atoms with Crippen molar-refractivity contribution in [2.75, 3.05) is 5.73 Å². The molecule has 17 heavy (non-hydrogen) atoms. The highest BCUT2D eigenvalue weighted by Gasteiger charge is 2.19. The molecular weight excluding hydrogens is 243 g/mol. The maximum Gasteiger partial charge on any atom is 0.199 e. The van der Waals surface area contributed by atoms with Crippen molar-refractivity contribution in [3.05, 3.63) is 58.6 Å². The Hall–Kier alpha value is -1.94. The first kappa shape index (κ1) is 11.5. The van der Waals surface area contributed by atoms with E-state index in [0.29, 0.717) is 0 Å². The van der Waals surface area contributed by atoms with Gasteiger partial charge in [-0.05, 0) is 18.2 Å². The van der Waals surface area contributed by atoms with E-state index in [2.05, 4.69) is 4.98 Å². The predicted octanol–water partition coefficient (Wildman–Crippen LogP) is 2.69. The van der Waals surface area contributed by atoms with E-state index in [1.807, 2.05) is 0 Å². The van der Waals surface area contributed by atoms with Crippen LogP contribution >= 0.6 is 11.6 Å². The maximum absolute atomic E-state index is 13.6. The van der Waals surface area contributed by atoms with Crippen molar-refractivity contribution < 1.29 is 9.18 Å². The largest absolute Gasteiger partial charge is 0.397 e. The van der Waals surface area contributed by atoms with Crippen molar-refractivity contribution in [2.45, 2.75) is 0 Å². The number of hydrogen-bond acceptors (Lipinski definition) is 3. The number of anilines is 1. The molecule has 0 saturated carbocycles. The summed E-state index contributed by atoms with van der Waals surface area (Å²) in [6.45, 7) is 0. The minimum atomic E-state index is -0.668. The van der Waals surface area contributed by atoms with Gasteiger partial charge in [0.2, 0.25) is 0 Å². The van der Waals surface area contributed by atoms with Crippen molar-refractivity contribution >= 4 is 23.1 Å². The third kappa shape index (κ3) is 2.12. The number of pyridine rings is 1. The summed E-state index contributed by atoms with van der Waals surface area (Å²) in [7, 11) is 0. The van der Waals surface area contributed by atoms with Crippen LogP contribution in [-0.4, -0.2) is 10.8 Å². The van der Waals surface area contributed by atoms with Gasteiger partial charge in [-0.15, -0.1) is 0 Å². The van der Waals surface area contributed by atoms with E-state index in [1.165, 1.54) is 36.7 Å². The Morgan fingerprint density at radius 2 is 2.12 bits per heavy atom. The zero-order valence-electron chi connectivity index (χ0n) is 8.65. The second-order valence-corrected chi connectivity index (χ2v) is 3.80. The molecule has 0 bridgehead atoms. The number of nitrogens with zero attached hydrogens (tertiary/aromatic N) is 1. The summed E-state index contributed by atoms with van der Waals surface area (Å²) >= 11 is 5.81. The number of rotatable bonds is 2. The van der Waals surface area contributed by atoms with Crippen molar-refractivity contribution in [1.29, 1.82) is 0 Å². The van der Waals surface area contributed by atoms with Crippen molar-refractivity contribution in [1.82, 2.24) is 4.98 Å². The number of nitrogens with two attached hydrogens (primary N) is 1. The molecule has 0 saturated heterocycles. The molecule has 1 aromatic carbocycles. The molecule has 0 atom stereocenters. The van der Waals surface area contributed by atoms with E-state index >= 15 is 0 Å². The van der Waals surface area contributed by atoms with Gasteiger partial charge >= 0.3 is 0 Å². The Bertz CT molecular complexity index is 566. The van der Waals surface area contributed by atoms with Gasteiger partial charge in [-0.2, -0.15) is 0 Å². The second-order valence-electron chi connectivity index (χ2n) is 3.39. The van der Waals surface area contributed by atoms with E-state index in [-0.39, 0.29) is 21.8 Å². The van der Waals surface area contributed by atoms with Crippen molar-refractivity contribution in [2.24, 2.45) is 0 Å². The van der Waals surface area contributed by atoms with Gasteiger partial charge in [-0.25, -0.2) is 4.39 Å². The van der Waals surface area contributed by atoms with Crippen molar-refractivity contribution in [3.63, 3.8) is 0 Å². The molecule has 1 aromatic heterocycles. The van der Waals surface area contributed by atoms with Crippen LogP contribution in [-0.2, 0) is 0 Å². The highest BCUT2D eigenvalue weighted by atomic mass is 35.5. The zero-order valence-corrected chi connectivity index (χ0v) is 9.41.